The predicted octanol–water partition coefficient (Wildman–Crippen LogP) is 3.77. The number of likely N-dealkylation sites (tertiary alicyclic amines) is 1. The van der Waals surface area contributed by atoms with Crippen LogP contribution in [0.5, 0.6) is 0 Å². The maximum absolute atomic E-state index is 13.2. The lowest BCUT2D eigenvalue weighted by Crippen LogP contribution is -2.35. The zero-order valence-corrected chi connectivity index (χ0v) is 14.9. The van der Waals surface area contributed by atoms with Crippen molar-refractivity contribution >= 4 is 5.91 Å². The van der Waals surface area contributed by atoms with Gasteiger partial charge in [0.15, 0.2) is 0 Å². The van der Waals surface area contributed by atoms with E-state index in [4.69, 9.17) is 0 Å². The van der Waals surface area contributed by atoms with Crippen molar-refractivity contribution in [2.75, 3.05) is 6.54 Å². The zero-order valence-electron chi connectivity index (χ0n) is 14.9. The van der Waals surface area contributed by atoms with Crippen molar-refractivity contribution in [1.29, 1.82) is 0 Å². The number of benzene rings is 1. The number of rotatable bonds is 7. The van der Waals surface area contributed by atoms with Crippen LogP contribution >= 0.6 is 0 Å². The fourth-order valence-electron chi connectivity index (χ4n) is 3.43. The van der Waals surface area contributed by atoms with Crippen molar-refractivity contribution in [3.63, 3.8) is 0 Å². The van der Waals surface area contributed by atoms with Crippen LogP contribution in [0.4, 0.5) is 13.2 Å². The topological polar surface area (TPSA) is 45.2 Å². The van der Waals surface area contributed by atoms with Gasteiger partial charge in [-0.3, -0.25) is 9.78 Å². The number of nitrogens with zero attached hydrogens (tertiary/aromatic N) is 2. The van der Waals surface area contributed by atoms with Crippen LogP contribution in [0.1, 0.15) is 36.0 Å². The van der Waals surface area contributed by atoms with E-state index in [2.05, 4.69) is 10.3 Å². The Labute approximate surface area is 156 Å². The largest absolute Gasteiger partial charge is 0.416 e. The van der Waals surface area contributed by atoms with Crippen LogP contribution < -0.4 is 5.32 Å². The molecule has 0 saturated carbocycles. The van der Waals surface area contributed by atoms with Crippen molar-refractivity contribution in [3.8, 4) is 0 Å². The molecule has 1 atom stereocenters. The second-order valence-electron chi connectivity index (χ2n) is 6.70. The van der Waals surface area contributed by atoms with Gasteiger partial charge in [-0.15, -0.1) is 0 Å². The van der Waals surface area contributed by atoms with E-state index in [1.165, 1.54) is 12.1 Å². The van der Waals surface area contributed by atoms with E-state index in [1.54, 1.807) is 23.4 Å². The standard InChI is InChI=1S/C20H22F3N3O/c21-20(22,23)18-6-2-1-5-16(18)14-26-17(7-8-19(26)27)9-11-25-13-15-4-3-10-24-12-15/h1-6,10,12,17,25H,7-9,11,13-14H2/t17-/m0/s1. The highest BCUT2D eigenvalue weighted by Crippen LogP contribution is 2.33. The number of hydrogen-bond acceptors (Lipinski definition) is 3. The maximum atomic E-state index is 13.2. The van der Waals surface area contributed by atoms with Crippen molar-refractivity contribution in [2.45, 2.75) is 44.6 Å². The summed E-state index contributed by atoms with van der Waals surface area (Å²) in [6.45, 7) is 1.36. The zero-order chi connectivity index (χ0) is 19.3. The summed E-state index contributed by atoms with van der Waals surface area (Å²) in [5, 5.41) is 3.31. The molecule has 3 rings (SSSR count). The molecule has 1 amide bonds. The van der Waals surface area contributed by atoms with Crippen LogP contribution in [0.2, 0.25) is 0 Å². The number of carbonyl (C=O) groups is 1. The summed E-state index contributed by atoms with van der Waals surface area (Å²) in [4.78, 5) is 17.9. The molecule has 7 heteroatoms. The minimum atomic E-state index is -4.42. The molecule has 2 heterocycles. The minimum Gasteiger partial charge on any atom is -0.335 e. The second-order valence-corrected chi connectivity index (χ2v) is 6.70. The van der Waals surface area contributed by atoms with E-state index in [9.17, 15) is 18.0 Å². The molecule has 1 aliphatic rings. The Morgan fingerprint density at radius 3 is 2.74 bits per heavy atom. The molecule has 27 heavy (non-hydrogen) atoms. The Hall–Kier alpha value is -2.41. The van der Waals surface area contributed by atoms with Crippen LogP contribution in [-0.4, -0.2) is 28.4 Å². The van der Waals surface area contributed by atoms with Gasteiger partial charge in [0.1, 0.15) is 0 Å². The normalized spacial score (nSPS) is 17.5. The van der Waals surface area contributed by atoms with Gasteiger partial charge in [0.2, 0.25) is 5.91 Å². The number of amides is 1. The van der Waals surface area contributed by atoms with E-state index in [1.807, 2.05) is 12.1 Å². The molecule has 1 aromatic heterocycles. The smallest absolute Gasteiger partial charge is 0.335 e. The molecule has 144 valence electrons. The summed E-state index contributed by atoms with van der Waals surface area (Å²) in [7, 11) is 0. The molecule has 1 saturated heterocycles. The second kappa shape index (κ2) is 8.52. The van der Waals surface area contributed by atoms with Crippen LogP contribution in [0.15, 0.2) is 48.8 Å². The highest BCUT2D eigenvalue weighted by Gasteiger charge is 2.36. The molecule has 0 bridgehead atoms. The number of halogens is 3. The number of pyridine rings is 1. The summed E-state index contributed by atoms with van der Waals surface area (Å²) in [6, 6.07) is 9.27. The Kier molecular flexibility index (Phi) is 6.11. The fraction of sp³-hybridized carbons (Fsp3) is 0.400. The van der Waals surface area contributed by atoms with Gasteiger partial charge in [0, 0.05) is 37.9 Å². The van der Waals surface area contributed by atoms with Gasteiger partial charge >= 0.3 is 6.18 Å². The third kappa shape index (κ3) is 5.07. The Morgan fingerprint density at radius 1 is 1.19 bits per heavy atom. The van der Waals surface area contributed by atoms with E-state index >= 15 is 0 Å². The first-order valence-corrected chi connectivity index (χ1v) is 8.99. The fourth-order valence-corrected chi connectivity index (χ4v) is 3.43. The first-order valence-electron chi connectivity index (χ1n) is 8.99. The average molecular weight is 377 g/mol. The first-order chi connectivity index (χ1) is 12.9. The molecule has 1 fully saturated rings. The lowest BCUT2D eigenvalue weighted by Gasteiger charge is -2.26. The van der Waals surface area contributed by atoms with Gasteiger partial charge in [0.25, 0.3) is 0 Å². The van der Waals surface area contributed by atoms with Gasteiger partial charge < -0.3 is 10.2 Å². The van der Waals surface area contributed by atoms with Crippen LogP contribution in [0, 0.1) is 0 Å². The van der Waals surface area contributed by atoms with E-state index in [-0.39, 0.29) is 24.1 Å². The van der Waals surface area contributed by atoms with Gasteiger partial charge in [-0.2, -0.15) is 13.2 Å². The minimum absolute atomic E-state index is 0.00177. The Morgan fingerprint density at radius 2 is 2.00 bits per heavy atom. The van der Waals surface area contributed by atoms with E-state index < -0.39 is 11.7 Å². The molecule has 0 aliphatic carbocycles. The lowest BCUT2D eigenvalue weighted by atomic mass is 10.1. The molecule has 0 spiro atoms. The van der Waals surface area contributed by atoms with Crippen LogP contribution in [-0.2, 0) is 24.1 Å². The molecule has 2 aromatic rings. The summed E-state index contributed by atoms with van der Waals surface area (Å²) >= 11 is 0. The summed E-state index contributed by atoms with van der Waals surface area (Å²) < 4.78 is 39.6. The summed E-state index contributed by atoms with van der Waals surface area (Å²) in [5.41, 5.74) is 0.544. The molecule has 1 N–H and O–H groups in total. The molecule has 0 radical (unpaired) electrons. The number of hydrogen-bond donors (Lipinski definition) is 1. The molecule has 1 aliphatic heterocycles. The van der Waals surface area contributed by atoms with Gasteiger partial charge in [0.05, 0.1) is 5.56 Å². The van der Waals surface area contributed by atoms with Gasteiger partial charge in [-0.05, 0) is 42.6 Å². The number of carbonyl (C=O) groups excluding carboxylic acids is 1. The predicted molar refractivity (Wildman–Crippen MR) is 95.6 cm³/mol. The SMILES string of the molecule is O=C1CC[C@@H](CCNCc2cccnc2)N1Cc1ccccc1C(F)(F)F. The highest BCUT2D eigenvalue weighted by molar-refractivity contribution is 5.78. The number of alkyl halides is 3. The maximum Gasteiger partial charge on any atom is 0.416 e. The summed E-state index contributed by atoms with van der Waals surface area (Å²) in [5.74, 6) is -0.0794. The lowest BCUT2D eigenvalue weighted by molar-refractivity contribution is -0.139. The highest BCUT2D eigenvalue weighted by atomic mass is 19.4. The summed E-state index contributed by atoms with van der Waals surface area (Å²) in [6.07, 6.45) is 0.861. The van der Waals surface area contributed by atoms with Crippen LogP contribution in [0.25, 0.3) is 0 Å². The first kappa shape index (κ1) is 19.4. The van der Waals surface area contributed by atoms with E-state index in [0.717, 1.165) is 11.6 Å². The van der Waals surface area contributed by atoms with Crippen molar-refractivity contribution < 1.29 is 18.0 Å². The number of nitrogens with one attached hydrogen (secondary N) is 1. The Bertz CT molecular complexity index is 765. The third-order valence-electron chi connectivity index (χ3n) is 4.82. The molecule has 1 aromatic carbocycles. The van der Waals surface area contributed by atoms with Crippen molar-refractivity contribution in [1.82, 2.24) is 15.2 Å². The molecule has 0 unspecified atom stereocenters. The molecular weight excluding hydrogens is 355 g/mol. The monoisotopic (exact) mass is 377 g/mol. The van der Waals surface area contributed by atoms with Crippen LogP contribution in [0.3, 0.4) is 0 Å². The average Bonchev–Trinajstić information content (AvgIpc) is 2.99. The van der Waals surface area contributed by atoms with Gasteiger partial charge in [-0.1, -0.05) is 24.3 Å². The van der Waals surface area contributed by atoms with Crippen molar-refractivity contribution in [3.05, 3.63) is 65.5 Å². The third-order valence-corrected chi connectivity index (χ3v) is 4.82. The molecule has 4 nitrogen and oxygen atoms in total. The molecular formula is C20H22F3N3O. The number of aromatic nitrogens is 1. The van der Waals surface area contributed by atoms with Gasteiger partial charge in [-0.25, -0.2) is 0 Å². The van der Waals surface area contributed by atoms with Crippen molar-refractivity contribution in [2.24, 2.45) is 0 Å². The van der Waals surface area contributed by atoms with E-state index in [0.29, 0.717) is 32.4 Å². The quantitative estimate of drug-likeness (QED) is 0.747. The Balaban J connectivity index is 1.59.